The molecule has 0 spiro atoms. The Balaban J connectivity index is 1.87. The van der Waals surface area contributed by atoms with E-state index in [0.29, 0.717) is 11.1 Å². The van der Waals surface area contributed by atoms with Crippen LogP contribution in [0.3, 0.4) is 0 Å². The topological polar surface area (TPSA) is 90.7 Å². The fourth-order valence-corrected chi connectivity index (χ4v) is 3.79. The molecule has 0 aliphatic carbocycles. The molecule has 0 saturated carbocycles. The van der Waals surface area contributed by atoms with Gasteiger partial charge in [-0.1, -0.05) is 25.5 Å². The molecule has 2 aromatic carbocycles. The van der Waals surface area contributed by atoms with Crippen molar-refractivity contribution in [3.05, 3.63) is 75.6 Å². The molecule has 1 aromatic heterocycles. The zero-order valence-corrected chi connectivity index (χ0v) is 16.4. The van der Waals surface area contributed by atoms with Gasteiger partial charge in [-0.05, 0) is 41.8 Å². The van der Waals surface area contributed by atoms with E-state index < -0.39 is 21.4 Å². The van der Waals surface area contributed by atoms with Gasteiger partial charge in [0.2, 0.25) is 0 Å². The van der Waals surface area contributed by atoms with E-state index in [1.807, 2.05) is 6.92 Å². The second-order valence-corrected chi connectivity index (χ2v) is 8.80. The van der Waals surface area contributed by atoms with Gasteiger partial charge < -0.3 is 9.15 Å². The van der Waals surface area contributed by atoms with Crippen molar-refractivity contribution in [2.75, 3.05) is 6.26 Å². The number of fused-ring (bicyclic) bond motifs is 1. The lowest BCUT2D eigenvalue weighted by Crippen LogP contribution is -2.10. The summed E-state index contributed by atoms with van der Waals surface area (Å²) in [7, 11) is -3.21. The van der Waals surface area contributed by atoms with Crippen LogP contribution in [0.1, 0.15) is 34.8 Å². The monoisotopic (exact) mass is 400 g/mol. The van der Waals surface area contributed by atoms with Gasteiger partial charge in [-0.15, -0.1) is 0 Å². The Hall–Kier alpha value is -2.93. The molecule has 0 aliphatic heterocycles. The van der Waals surface area contributed by atoms with Gasteiger partial charge in [-0.3, -0.25) is 0 Å². The van der Waals surface area contributed by atoms with Crippen LogP contribution >= 0.6 is 0 Å². The Kier molecular flexibility index (Phi) is 5.65. The first kappa shape index (κ1) is 19.8. The number of aryl methyl sites for hydroxylation is 1. The summed E-state index contributed by atoms with van der Waals surface area (Å²) in [6, 6.07) is 12.7. The minimum atomic E-state index is -3.21. The van der Waals surface area contributed by atoms with Crippen LogP contribution in [0.5, 0.6) is 5.75 Å². The molecule has 6 nitrogen and oxygen atoms in total. The Bertz CT molecular complexity index is 1190. The third-order valence-electron chi connectivity index (χ3n) is 4.12. The van der Waals surface area contributed by atoms with E-state index in [1.165, 1.54) is 18.2 Å². The predicted octanol–water partition coefficient (Wildman–Crippen LogP) is 3.51. The molecule has 28 heavy (non-hydrogen) atoms. The smallest absolute Gasteiger partial charge is 0.343 e. The summed E-state index contributed by atoms with van der Waals surface area (Å²) in [4.78, 5) is 24.2. The molecule has 0 unspecified atom stereocenters. The summed E-state index contributed by atoms with van der Waals surface area (Å²) in [6.07, 6.45) is 2.77. The first-order chi connectivity index (χ1) is 13.2. The summed E-state index contributed by atoms with van der Waals surface area (Å²) >= 11 is 0. The van der Waals surface area contributed by atoms with Gasteiger partial charge in [0.25, 0.3) is 0 Å². The summed E-state index contributed by atoms with van der Waals surface area (Å²) in [6.45, 7) is 2.02. The van der Waals surface area contributed by atoms with Crippen molar-refractivity contribution in [2.24, 2.45) is 0 Å². The second-order valence-electron chi connectivity index (χ2n) is 6.66. The largest absolute Gasteiger partial charge is 0.423 e. The maximum atomic E-state index is 12.4. The van der Waals surface area contributed by atoms with Crippen molar-refractivity contribution in [3.63, 3.8) is 0 Å². The summed E-state index contributed by atoms with van der Waals surface area (Å²) in [5.74, 6) is -0.542. The molecule has 0 aliphatic rings. The number of carbonyl (C=O) groups excluding carboxylic acids is 1. The van der Waals surface area contributed by atoms with Crippen LogP contribution in [0.15, 0.2) is 57.7 Å². The minimum Gasteiger partial charge on any atom is -0.423 e. The van der Waals surface area contributed by atoms with Crippen LogP contribution in [0.25, 0.3) is 11.0 Å². The highest BCUT2D eigenvalue weighted by molar-refractivity contribution is 7.89. The quantitative estimate of drug-likeness (QED) is 0.357. The van der Waals surface area contributed by atoms with Crippen molar-refractivity contribution in [1.29, 1.82) is 0 Å². The normalized spacial score (nSPS) is 11.5. The van der Waals surface area contributed by atoms with E-state index in [0.717, 1.165) is 30.0 Å². The molecule has 0 saturated heterocycles. The lowest BCUT2D eigenvalue weighted by atomic mass is 10.1. The molecule has 3 aromatic rings. The zero-order chi connectivity index (χ0) is 20.3. The predicted molar refractivity (Wildman–Crippen MR) is 106 cm³/mol. The lowest BCUT2D eigenvalue weighted by molar-refractivity contribution is 0.0735. The van der Waals surface area contributed by atoms with Crippen LogP contribution in [-0.2, 0) is 22.0 Å². The molecule has 0 bridgehead atoms. The first-order valence-electron chi connectivity index (χ1n) is 8.81. The molecule has 0 N–H and O–H groups in total. The van der Waals surface area contributed by atoms with Crippen LogP contribution in [-0.4, -0.2) is 20.6 Å². The number of hydrogen-bond acceptors (Lipinski definition) is 6. The molecule has 146 valence electrons. The Labute approximate surface area is 162 Å². The lowest BCUT2D eigenvalue weighted by Gasteiger charge is -2.08. The van der Waals surface area contributed by atoms with Gasteiger partial charge in [-0.2, -0.15) is 0 Å². The number of hydrogen-bond donors (Lipinski definition) is 0. The molecular formula is C21H20O6S. The van der Waals surface area contributed by atoms with Crippen LogP contribution < -0.4 is 10.4 Å². The van der Waals surface area contributed by atoms with Crippen LogP contribution in [0, 0.1) is 0 Å². The number of rotatable bonds is 6. The highest BCUT2D eigenvalue weighted by Gasteiger charge is 2.13. The minimum absolute atomic E-state index is 0.157. The molecule has 0 fully saturated rings. The van der Waals surface area contributed by atoms with Crippen LogP contribution in [0.2, 0.25) is 0 Å². The first-order valence-corrected chi connectivity index (χ1v) is 10.9. The van der Waals surface area contributed by atoms with Gasteiger partial charge >= 0.3 is 11.6 Å². The van der Waals surface area contributed by atoms with Gasteiger partial charge in [-0.25, -0.2) is 18.0 Å². The zero-order valence-electron chi connectivity index (χ0n) is 15.6. The average Bonchev–Trinajstić information content (AvgIpc) is 2.60. The number of benzene rings is 2. The Morgan fingerprint density at radius 1 is 1.11 bits per heavy atom. The van der Waals surface area contributed by atoms with Gasteiger partial charge in [0, 0.05) is 23.8 Å². The fraction of sp³-hybridized carbons (Fsp3) is 0.238. The van der Waals surface area contributed by atoms with Crippen molar-refractivity contribution >= 4 is 26.8 Å². The van der Waals surface area contributed by atoms with Crippen LogP contribution in [0.4, 0.5) is 0 Å². The second kappa shape index (κ2) is 7.98. The number of esters is 1. The third-order valence-corrected chi connectivity index (χ3v) is 4.98. The van der Waals surface area contributed by atoms with Crippen molar-refractivity contribution in [1.82, 2.24) is 0 Å². The van der Waals surface area contributed by atoms with E-state index in [1.54, 1.807) is 30.3 Å². The standard InChI is InChI=1S/C21H20O6S/c1-3-5-15-11-20(22)27-19-12-17(8-9-18(15)19)26-21(23)16-7-4-6-14(10-16)13-28(2,24)25/h4,6-12H,3,5,13H2,1-2H3. The molecule has 0 radical (unpaired) electrons. The number of sulfone groups is 1. The van der Waals surface area contributed by atoms with E-state index in [9.17, 15) is 18.0 Å². The summed E-state index contributed by atoms with van der Waals surface area (Å²) in [5, 5.41) is 0.802. The SMILES string of the molecule is CCCc1cc(=O)oc2cc(OC(=O)c3cccc(CS(C)(=O)=O)c3)ccc12. The van der Waals surface area contributed by atoms with E-state index in [-0.39, 0.29) is 17.1 Å². The van der Waals surface area contributed by atoms with E-state index in [4.69, 9.17) is 9.15 Å². The molecule has 0 atom stereocenters. The van der Waals surface area contributed by atoms with Crippen molar-refractivity contribution in [3.8, 4) is 5.75 Å². The Morgan fingerprint density at radius 2 is 1.89 bits per heavy atom. The number of ether oxygens (including phenoxy) is 1. The highest BCUT2D eigenvalue weighted by Crippen LogP contribution is 2.24. The molecular weight excluding hydrogens is 380 g/mol. The average molecular weight is 400 g/mol. The summed E-state index contributed by atoms with van der Waals surface area (Å²) in [5.41, 5.74) is 1.54. The summed E-state index contributed by atoms with van der Waals surface area (Å²) < 4.78 is 33.5. The maximum absolute atomic E-state index is 12.4. The van der Waals surface area contributed by atoms with Crippen molar-refractivity contribution < 1.29 is 22.4 Å². The highest BCUT2D eigenvalue weighted by atomic mass is 32.2. The maximum Gasteiger partial charge on any atom is 0.343 e. The van der Waals surface area contributed by atoms with Gasteiger partial charge in [0.1, 0.15) is 11.3 Å². The number of carbonyl (C=O) groups is 1. The third kappa shape index (κ3) is 4.86. The van der Waals surface area contributed by atoms with E-state index in [2.05, 4.69) is 0 Å². The molecule has 7 heteroatoms. The molecule has 0 amide bonds. The van der Waals surface area contributed by atoms with Gasteiger partial charge in [0.15, 0.2) is 9.84 Å². The fourth-order valence-electron chi connectivity index (χ4n) is 3.01. The van der Waals surface area contributed by atoms with Gasteiger partial charge in [0.05, 0.1) is 11.3 Å². The molecule has 3 rings (SSSR count). The molecule has 1 heterocycles. The van der Waals surface area contributed by atoms with Crippen molar-refractivity contribution in [2.45, 2.75) is 25.5 Å². The van der Waals surface area contributed by atoms with E-state index >= 15 is 0 Å². The Morgan fingerprint density at radius 3 is 2.61 bits per heavy atom.